The molecule has 0 saturated heterocycles. The standard InChI is InChI=1S/C74H124O6/c1-4-7-10-13-16-19-22-25-27-29-31-32-33-34-35-36-37-38-39-40-41-42-44-45-47-49-52-55-58-61-64-67-73(76)79-70-71(69-78-72(75)66-63-60-57-54-51-24-21-18-15-12-9-6-3)80-74(77)68-65-62-59-56-53-50-48-46-43-30-28-26-23-20-17-14-11-8-5-2/h7-8,10-11,16-21,25-28,31-32,43,46,50,53,71H,4-6,9,12-15,22-24,29-30,33-42,44-45,47-49,51-52,54-70H2,1-3H3/b10-7-,11-8-,19-16-,20-17-,21-18-,27-25-,28-26-,32-31-,46-43-,53-50-. The second-order valence-electron chi connectivity index (χ2n) is 22.0. The monoisotopic (exact) mass is 1110 g/mol. The molecule has 0 aliphatic carbocycles. The fourth-order valence-corrected chi connectivity index (χ4v) is 9.22. The van der Waals surface area contributed by atoms with Gasteiger partial charge in [0.2, 0.25) is 0 Å². The maximum atomic E-state index is 12.9. The number of carbonyl (C=O) groups is 3. The van der Waals surface area contributed by atoms with E-state index in [4.69, 9.17) is 14.2 Å². The summed E-state index contributed by atoms with van der Waals surface area (Å²) >= 11 is 0. The van der Waals surface area contributed by atoms with E-state index in [1.165, 1.54) is 135 Å². The van der Waals surface area contributed by atoms with Crippen molar-refractivity contribution in [3.8, 4) is 0 Å². The molecule has 0 bridgehead atoms. The fourth-order valence-electron chi connectivity index (χ4n) is 9.22. The summed E-state index contributed by atoms with van der Waals surface area (Å²) in [4.78, 5) is 38.3. The Morgan fingerprint density at radius 3 is 0.787 bits per heavy atom. The number of carbonyl (C=O) groups excluding carboxylic acids is 3. The van der Waals surface area contributed by atoms with E-state index in [0.29, 0.717) is 12.8 Å². The summed E-state index contributed by atoms with van der Waals surface area (Å²) in [5.74, 6) is -0.928. The summed E-state index contributed by atoms with van der Waals surface area (Å²) in [6, 6.07) is 0. The summed E-state index contributed by atoms with van der Waals surface area (Å²) < 4.78 is 16.9. The first kappa shape index (κ1) is 75.8. The van der Waals surface area contributed by atoms with Crippen molar-refractivity contribution < 1.29 is 28.6 Å². The Bertz CT molecular complexity index is 1650. The van der Waals surface area contributed by atoms with Crippen LogP contribution in [-0.2, 0) is 28.6 Å². The first-order valence-corrected chi connectivity index (χ1v) is 33.5. The molecular weight excluding hydrogens is 985 g/mol. The third-order valence-electron chi connectivity index (χ3n) is 14.2. The summed E-state index contributed by atoms with van der Waals surface area (Å²) in [6.45, 7) is 6.37. The van der Waals surface area contributed by atoms with Gasteiger partial charge in [-0.25, -0.2) is 0 Å². The average molecular weight is 1110 g/mol. The predicted molar refractivity (Wildman–Crippen MR) is 348 cm³/mol. The zero-order chi connectivity index (χ0) is 57.8. The summed E-state index contributed by atoms with van der Waals surface area (Å²) in [5.41, 5.74) is 0. The average Bonchev–Trinajstić information content (AvgIpc) is 3.46. The van der Waals surface area contributed by atoms with Crippen LogP contribution in [0.4, 0.5) is 0 Å². The van der Waals surface area contributed by atoms with Crippen molar-refractivity contribution in [1.82, 2.24) is 0 Å². The van der Waals surface area contributed by atoms with Crippen LogP contribution in [0, 0.1) is 0 Å². The van der Waals surface area contributed by atoms with Crippen LogP contribution in [0.2, 0.25) is 0 Å². The number of allylic oxidation sites excluding steroid dienone is 20. The smallest absolute Gasteiger partial charge is 0.306 e. The van der Waals surface area contributed by atoms with Gasteiger partial charge in [0, 0.05) is 19.3 Å². The lowest BCUT2D eigenvalue weighted by Gasteiger charge is -2.18. The molecule has 0 saturated carbocycles. The molecule has 6 nitrogen and oxygen atoms in total. The van der Waals surface area contributed by atoms with Gasteiger partial charge in [0.05, 0.1) is 0 Å². The lowest BCUT2D eigenvalue weighted by Crippen LogP contribution is -2.30. The van der Waals surface area contributed by atoms with Gasteiger partial charge < -0.3 is 14.2 Å². The molecule has 6 heteroatoms. The first-order chi connectivity index (χ1) is 39.5. The lowest BCUT2D eigenvalue weighted by atomic mass is 10.0. The Hall–Kier alpha value is -4.19. The number of esters is 3. The first-order valence-electron chi connectivity index (χ1n) is 33.5. The van der Waals surface area contributed by atoms with E-state index >= 15 is 0 Å². The number of hydrogen-bond donors (Lipinski definition) is 0. The highest BCUT2D eigenvalue weighted by atomic mass is 16.6. The van der Waals surface area contributed by atoms with Gasteiger partial charge in [-0.1, -0.05) is 284 Å². The van der Waals surface area contributed by atoms with Gasteiger partial charge in [0.15, 0.2) is 6.10 Å². The number of unbranched alkanes of at least 4 members (excludes halogenated alkanes) is 29. The van der Waals surface area contributed by atoms with Gasteiger partial charge in [-0.15, -0.1) is 0 Å². The van der Waals surface area contributed by atoms with E-state index < -0.39 is 6.10 Å². The van der Waals surface area contributed by atoms with Crippen molar-refractivity contribution in [2.24, 2.45) is 0 Å². The molecule has 0 heterocycles. The van der Waals surface area contributed by atoms with Crippen LogP contribution < -0.4 is 0 Å². The van der Waals surface area contributed by atoms with Crippen LogP contribution in [0.3, 0.4) is 0 Å². The molecule has 0 aromatic rings. The Kier molecular flexibility index (Phi) is 63.8. The largest absolute Gasteiger partial charge is 0.462 e. The van der Waals surface area contributed by atoms with Crippen LogP contribution in [0.1, 0.15) is 310 Å². The highest BCUT2D eigenvalue weighted by molar-refractivity contribution is 5.71. The van der Waals surface area contributed by atoms with Gasteiger partial charge in [-0.05, 0) is 128 Å². The van der Waals surface area contributed by atoms with Gasteiger partial charge in [-0.2, -0.15) is 0 Å². The SMILES string of the molecule is CC/C=C\C/C=C\C/C=C\C/C=C\C/C=C\CCCCCC(=O)OC(COC(=O)CCCCCCC/C=C\CCCCC)COC(=O)CCCCCCCCCCCCCCCCCCCC/C=C\C/C=C\C/C=C\C/C=C\CC. The lowest BCUT2D eigenvalue weighted by molar-refractivity contribution is -0.167. The van der Waals surface area contributed by atoms with E-state index in [0.717, 1.165) is 135 Å². The second-order valence-corrected chi connectivity index (χ2v) is 22.0. The third kappa shape index (κ3) is 64.6. The second kappa shape index (κ2) is 67.3. The maximum Gasteiger partial charge on any atom is 0.306 e. The van der Waals surface area contributed by atoms with Gasteiger partial charge in [-0.3, -0.25) is 14.4 Å². The topological polar surface area (TPSA) is 78.9 Å². The number of ether oxygens (including phenoxy) is 3. The number of hydrogen-bond acceptors (Lipinski definition) is 6. The third-order valence-corrected chi connectivity index (χ3v) is 14.2. The molecule has 0 aromatic carbocycles. The van der Waals surface area contributed by atoms with Crippen LogP contribution >= 0.6 is 0 Å². The van der Waals surface area contributed by atoms with Crippen LogP contribution in [0.5, 0.6) is 0 Å². The van der Waals surface area contributed by atoms with E-state index in [9.17, 15) is 14.4 Å². The molecule has 456 valence electrons. The molecule has 0 radical (unpaired) electrons. The molecule has 80 heavy (non-hydrogen) atoms. The van der Waals surface area contributed by atoms with E-state index in [-0.39, 0.29) is 37.5 Å². The molecule has 0 aliphatic rings. The highest BCUT2D eigenvalue weighted by Gasteiger charge is 2.19. The predicted octanol–water partition coefficient (Wildman–Crippen LogP) is 23.2. The minimum absolute atomic E-state index is 0.0937. The zero-order valence-electron chi connectivity index (χ0n) is 52.3. The zero-order valence-corrected chi connectivity index (χ0v) is 52.3. The molecule has 0 N–H and O–H groups in total. The Morgan fingerprint density at radius 2 is 0.487 bits per heavy atom. The molecule has 0 aliphatic heterocycles. The van der Waals surface area contributed by atoms with E-state index in [1.807, 2.05) is 0 Å². The van der Waals surface area contributed by atoms with E-state index in [2.05, 4.69) is 142 Å². The van der Waals surface area contributed by atoms with Crippen molar-refractivity contribution in [2.75, 3.05) is 13.2 Å². The molecule has 0 spiro atoms. The summed E-state index contributed by atoms with van der Waals surface area (Å²) in [7, 11) is 0. The van der Waals surface area contributed by atoms with Crippen LogP contribution in [0.25, 0.3) is 0 Å². The van der Waals surface area contributed by atoms with Crippen molar-refractivity contribution in [2.45, 2.75) is 316 Å². The van der Waals surface area contributed by atoms with Crippen LogP contribution in [-0.4, -0.2) is 37.2 Å². The van der Waals surface area contributed by atoms with Gasteiger partial charge >= 0.3 is 17.9 Å². The molecule has 1 unspecified atom stereocenters. The Labute approximate surface area is 494 Å². The molecule has 1 atom stereocenters. The maximum absolute atomic E-state index is 12.9. The van der Waals surface area contributed by atoms with Gasteiger partial charge in [0.25, 0.3) is 0 Å². The molecule has 0 rings (SSSR count). The normalized spacial score (nSPS) is 12.9. The van der Waals surface area contributed by atoms with Crippen molar-refractivity contribution in [3.05, 3.63) is 122 Å². The van der Waals surface area contributed by atoms with Crippen LogP contribution in [0.15, 0.2) is 122 Å². The van der Waals surface area contributed by atoms with E-state index in [1.54, 1.807) is 0 Å². The Morgan fingerprint density at radius 1 is 0.263 bits per heavy atom. The highest BCUT2D eigenvalue weighted by Crippen LogP contribution is 2.17. The quantitative estimate of drug-likeness (QED) is 0.0261. The molecular formula is C74H124O6. The van der Waals surface area contributed by atoms with Gasteiger partial charge in [0.1, 0.15) is 13.2 Å². The fraction of sp³-hybridized carbons (Fsp3) is 0.689. The van der Waals surface area contributed by atoms with Crippen molar-refractivity contribution in [1.29, 1.82) is 0 Å². The minimum Gasteiger partial charge on any atom is -0.462 e. The molecule has 0 fully saturated rings. The van der Waals surface area contributed by atoms with Crippen molar-refractivity contribution in [3.63, 3.8) is 0 Å². The number of rotatable bonds is 60. The Balaban J connectivity index is 4.24. The molecule has 0 amide bonds. The minimum atomic E-state index is -0.801. The summed E-state index contributed by atoms with van der Waals surface area (Å²) in [6.07, 6.45) is 93.7. The van der Waals surface area contributed by atoms with Crippen molar-refractivity contribution >= 4 is 17.9 Å². The molecule has 0 aromatic heterocycles. The summed E-state index contributed by atoms with van der Waals surface area (Å²) in [5, 5.41) is 0.